The molecule has 0 aliphatic carbocycles. The quantitative estimate of drug-likeness (QED) is 0.844. The van der Waals surface area contributed by atoms with Gasteiger partial charge in [0.1, 0.15) is 0 Å². The monoisotopic (exact) mass is 308 g/mol. The zero-order chi connectivity index (χ0) is 13.4. The van der Waals surface area contributed by atoms with E-state index in [1.54, 1.807) is 4.31 Å². The molecule has 0 aromatic carbocycles. The first kappa shape index (κ1) is 14.2. The summed E-state index contributed by atoms with van der Waals surface area (Å²) in [5, 5.41) is 0. The lowest BCUT2D eigenvalue weighted by molar-refractivity contribution is 0.315. The molecule has 0 N–H and O–H groups in total. The summed E-state index contributed by atoms with van der Waals surface area (Å²) in [4.78, 5) is 3.81. The van der Waals surface area contributed by atoms with Gasteiger partial charge in [-0.25, -0.2) is 13.4 Å². The van der Waals surface area contributed by atoms with Gasteiger partial charge in [-0.2, -0.15) is 4.31 Å². The largest absolute Gasteiger partial charge is 0.254 e. The molecule has 1 aromatic rings. The fourth-order valence-electron chi connectivity index (χ4n) is 2.12. The van der Waals surface area contributed by atoms with E-state index in [9.17, 15) is 8.42 Å². The molecule has 102 valence electrons. The van der Waals surface area contributed by atoms with Crippen molar-refractivity contribution in [2.45, 2.75) is 37.3 Å². The second-order valence-electron chi connectivity index (χ2n) is 5.35. The first-order chi connectivity index (χ1) is 8.31. The maximum Gasteiger partial charge on any atom is 0.254 e. The number of nitrogens with zero attached hydrogens (tertiary/aromatic N) is 2. The van der Waals surface area contributed by atoms with Gasteiger partial charge >= 0.3 is 0 Å². The highest BCUT2D eigenvalue weighted by Crippen LogP contribution is 2.33. The van der Waals surface area contributed by atoms with Gasteiger partial charge in [0, 0.05) is 13.1 Å². The van der Waals surface area contributed by atoms with Crippen LogP contribution in [0.3, 0.4) is 0 Å². The Kier molecular flexibility index (Phi) is 4.02. The van der Waals surface area contributed by atoms with Crippen molar-refractivity contribution in [2.24, 2.45) is 5.41 Å². The summed E-state index contributed by atoms with van der Waals surface area (Å²) >= 11 is 6.73. The van der Waals surface area contributed by atoms with Gasteiger partial charge in [0.15, 0.2) is 8.68 Å². The number of sulfonamides is 1. The van der Waals surface area contributed by atoms with Gasteiger partial charge in [-0.15, -0.1) is 0 Å². The Morgan fingerprint density at radius 3 is 2.72 bits per heavy atom. The van der Waals surface area contributed by atoms with E-state index >= 15 is 0 Å². The van der Waals surface area contributed by atoms with E-state index in [0.717, 1.165) is 30.6 Å². The van der Waals surface area contributed by atoms with Crippen LogP contribution in [0.15, 0.2) is 10.4 Å². The molecule has 1 aliphatic rings. The molecular formula is C11H17ClN2O2S2. The van der Waals surface area contributed by atoms with E-state index in [0.29, 0.717) is 13.1 Å². The number of hydrogen-bond donors (Lipinski definition) is 0. The molecule has 0 amide bonds. The lowest BCUT2D eigenvalue weighted by Crippen LogP contribution is -2.32. The Bertz CT molecular complexity index is 525. The zero-order valence-electron chi connectivity index (χ0n) is 10.5. The summed E-state index contributed by atoms with van der Waals surface area (Å²) in [6, 6.07) is 0. The van der Waals surface area contributed by atoms with Gasteiger partial charge in [0.25, 0.3) is 10.0 Å². The molecule has 7 heteroatoms. The van der Waals surface area contributed by atoms with Crippen LogP contribution in [0, 0.1) is 5.41 Å². The third kappa shape index (κ3) is 3.04. The predicted molar refractivity (Wildman–Crippen MR) is 73.5 cm³/mol. The standard InChI is InChI=1S/C11H17ClN2O2S2/c1-11(2)4-3-6-14(7-5-11)18(15,16)9-8-13-10(12)17-9/h8H,3-7H2,1-2H3. The molecule has 2 rings (SSSR count). The number of thiazole rings is 1. The molecule has 0 unspecified atom stereocenters. The highest BCUT2D eigenvalue weighted by molar-refractivity contribution is 7.91. The van der Waals surface area contributed by atoms with Gasteiger partial charge in [-0.1, -0.05) is 36.8 Å². The van der Waals surface area contributed by atoms with Crippen LogP contribution in [0.25, 0.3) is 0 Å². The highest BCUT2D eigenvalue weighted by Gasteiger charge is 2.31. The van der Waals surface area contributed by atoms with Crippen LogP contribution in [0.5, 0.6) is 0 Å². The Morgan fingerprint density at radius 1 is 1.39 bits per heavy atom. The molecule has 1 saturated heterocycles. The number of halogens is 1. The molecule has 0 bridgehead atoms. The second-order valence-corrected chi connectivity index (χ2v) is 9.13. The van der Waals surface area contributed by atoms with Crippen LogP contribution in [0.2, 0.25) is 4.47 Å². The van der Waals surface area contributed by atoms with Crippen molar-refractivity contribution >= 4 is 33.0 Å². The second kappa shape index (κ2) is 5.07. The predicted octanol–water partition coefficient (Wildman–Crippen LogP) is 3.00. The molecule has 0 spiro atoms. The number of hydrogen-bond acceptors (Lipinski definition) is 4. The van der Waals surface area contributed by atoms with Gasteiger partial charge in [0.2, 0.25) is 0 Å². The van der Waals surface area contributed by atoms with Crippen molar-refractivity contribution < 1.29 is 8.42 Å². The van der Waals surface area contributed by atoms with Crippen molar-refractivity contribution in [1.82, 2.24) is 9.29 Å². The van der Waals surface area contributed by atoms with Crippen molar-refractivity contribution in [2.75, 3.05) is 13.1 Å². The minimum Gasteiger partial charge on any atom is -0.232 e. The van der Waals surface area contributed by atoms with E-state index in [1.807, 2.05) is 0 Å². The molecule has 0 saturated carbocycles. The Balaban J connectivity index is 2.21. The molecule has 1 aromatic heterocycles. The summed E-state index contributed by atoms with van der Waals surface area (Å²) < 4.78 is 26.9. The van der Waals surface area contributed by atoms with Crippen LogP contribution in [-0.4, -0.2) is 30.8 Å². The normalized spacial score (nSPS) is 21.7. The van der Waals surface area contributed by atoms with Gasteiger partial charge in [0.05, 0.1) is 6.20 Å². The van der Waals surface area contributed by atoms with Gasteiger partial charge < -0.3 is 0 Å². The summed E-state index contributed by atoms with van der Waals surface area (Å²) in [5.74, 6) is 0. The SMILES string of the molecule is CC1(C)CCCN(S(=O)(=O)c2cnc(Cl)s2)CC1. The average Bonchev–Trinajstić information content (AvgIpc) is 2.61. The average molecular weight is 309 g/mol. The van der Waals surface area contributed by atoms with Crippen molar-refractivity contribution in [3.8, 4) is 0 Å². The summed E-state index contributed by atoms with van der Waals surface area (Å²) in [7, 11) is -3.41. The summed E-state index contributed by atoms with van der Waals surface area (Å²) in [6.45, 7) is 5.53. The van der Waals surface area contributed by atoms with E-state index < -0.39 is 10.0 Å². The maximum absolute atomic E-state index is 12.4. The molecule has 18 heavy (non-hydrogen) atoms. The number of aromatic nitrogens is 1. The summed E-state index contributed by atoms with van der Waals surface area (Å²) in [6.07, 6.45) is 4.19. The van der Waals surface area contributed by atoms with Crippen LogP contribution in [-0.2, 0) is 10.0 Å². The molecule has 0 radical (unpaired) electrons. The molecule has 1 fully saturated rings. The fraction of sp³-hybridized carbons (Fsp3) is 0.727. The minimum absolute atomic E-state index is 0.218. The molecule has 2 heterocycles. The van der Waals surface area contributed by atoms with E-state index in [1.165, 1.54) is 6.20 Å². The first-order valence-corrected chi connectivity index (χ1v) is 8.56. The lowest BCUT2D eigenvalue weighted by atomic mass is 9.85. The van der Waals surface area contributed by atoms with Crippen molar-refractivity contribution in [1.29, 1.82) is 0 Å². The molecule has 4 nitrogen and oxygen atoms in total. The van der Waals surface area contributed by atoms with Crippen molar-refractivity contribution in [3.63, 3.8) is 0 Å². The van der Waals surface area contributed by atoms with Gasteiger partial charge in [-0.05, 0) is 24.7 Å². The minimum atomic E-state index is -3.41. The van der Waals surface area contributed by atoms with Crippen LogP contribution >= 0.6 is 22.9 Å². The van der Waals surface area contributed by atoms with Crippen molar-refractivity contribution in [3.05, 3.63) is 10.7 Å². The van der Waals surface area contributed by atoms with E-state index in [-0.39, 0.29) is 14.1 Å². The Morgan fingerprint density at radius 2 is 2.11 bits per heavy atom. The van der Waals surface area contributed by atoms with Crippen LogP contribution in [0.1, 0.15) is 33.1 Å². The third-order valence-corrected chi connectivity index (χ3v) is 6.80. The fourth-order valence-corrected chi connectivity index (χ4v) is 5.05. The lowest BCUT2D eigenvalue weighted by Gasteiger charge is -2.22. The first-order valence-electron chi connectivity index (χ1n) is 5.93. The molecule has 1 aliphatic heterocycles. The third-order valence-electron chi connectivity index (χ3n) is 3.35. The topological polar surface area (TPSA) is 50.3 Å². The maximum atomic E-state index is 12.4. The number of rotatable bonds is 2. The Labute approximate surface area is 117 Å². The highest BCUT2D eigenvalue weighted by atomic mass is 35.5. The zero-order valence-corrected chi connectivity index (χ0v) is 12.9. The van der Waals surface area contributed by atoms with E-state index in [4.69, 9.17) is 11.6 Å². The van der Waals surface area contributed by atoms with Crippen LogP contribution < -0.4 is 0 Å². The van der Waals surface area contributed by atoms with E-state index in [2.05, 4.69) is 18.8 Å². The van der Waals surface area contributed by atoms with Gasteiger partial charge in [-0.3, -0.25) is 0 Å². The Hall–Kier alpha value is -0.170. The molecular weight excluding hydrogens is 292 g/mol. The van der Waals surface area contributed by atoms with Crippen LogP contribution in [0.4, 0.5) is 0 Å². The smallest absolute Gasteiger partial charge is 0.232 e. The molecule has 0 atom stereocenters. The summed E-state index contributed by atoms with van der Waals surface area (Å²) in [5.41, 5.74) is 0.218.